The van der Waals surface area contributed by atoms with Crippen LogP contribution in [0.15, 0.2) is 24.3 Å². The van der Waals surface area contributed by atoms with Crippen LogP contribution in [-0.2, 0) is 4.79 Å². The van der Waals surface area contributed by atoms with Gasteiger partial charge in [0.1, 0.15) is 11.7 Å². The van der Waals surface area contributed by atoms with Crippen LogP contribution in [0.1, 0.15) is 44.9 Å². The lowest BCUT2D eigenvalue weighted by atomic mass is 9.87. The Morgan fingerprint density at radius 1 is 0.857 bits per heavy atom. The van der Waals surface area contributed by atoms with Crippen molar-refractivity contribution in [2.24, 2.45) is 0 Å². The molecule has 0 aliphatic carbocycles. The number of hydrogen-bond acceptors (Lipinski definition) is 2. The van der Waals surface area contributed by atoms with Gasteiger partial charge in [0.2, 0.25) is 0 Å². The number of benzene rings is 2. The predicted molar refractivity (Wildman–Crippen MR) is 84.0 cm³/mol. The average Bonchev–Trinajstić information content (AvgIpc) is 2.72. The maximum Gasteiger partial charge on any atom is 0.323 e. The molecule has 1 aliphatic rings. The van der Waals surface area contributed by atoms with Crippen molar-refractivity contribution in [3.8, 4) is 5.75 Å². The first kappa shape index (κ1) is 13.9. The Morgan fingerprint density at radius 3 is 2.10 bits per heavy atom. The monoisotopic (exact) mass is 280 g/mol. The molecule has 1 heterocycles. The van der Waals surface area contributed by atoms with Gasteiger partial charge < -0.3 is 4.74 Å². The fraction of sp³-hybridized carbons (Fsp3) is 0.316. The largest absolute Gasteiger partial charge is 0.425 e. The maximum absolute atomic E-state index is 12.4. The summed E-state index contributed by atoms with van der Waals surface area (Å²) >= 11 is 0. The van der Waals surface area contributed by atoms with Gasteiger partial charge in [0.15, 0.2) is 0 Å². The molecule has 0 saturated heterocycles. The van der Waals surface area contributed by atoms with E-state index in [1.807, 2.05) is 6.92 Å². The van der Waals surface area contributed by atoms with E-state index in [0.717, 1.165) is 28.0 Å². The molecule has 0 bridgehead atoms. The fourth-order valence-electron chi connectivity index (χ4n) is 3.18. The molecule has 3 rings (SSSR count). The number of hydrogen-bond donors (Lipinski definition) is 0. The van der Waals surface area contributed by atoms with Gasteiger partial charge in [-0.05, 0) is 62.4 Å². The number of carbonyl (C=O) groups excluding carboxylic acids is 1. The van der Waals surface area contributed by atoms with Crippen molar-refractivity contribution in [1.29, 1.82) is 0 Å². The molecular weight excluding hydrogens is 260 g/mol. The minimum atomic E-state index is -0.295. The minimum Gasteiger partial charge on any atom is -0.425 e. The normalized spacial score (nSPS) is 16.8. The van der Waals surface area contributed by atoms with Gasteiger partial charge >= 0.3 is 5.97 Å². The van der Waals surface area contributed by atoms with Crippen LogP contribution in [-0.4, -0.2) is 5.97 Å². The first-order chi connectivity index (χ1) is 9.88. The predicted octanol–water partition coefficient (Wildman–Crippen LogP) is 4.28. The molecule has 0 N–H and O–H groups in total. The number of aryl methyl sites for hydroxylation is 4. The summed E-state index contributed by atoms with van der Waals surface area (Å²) in [6.45, 7) is 10.3. The molecule has 0 aromatic heterocycles. The molecule has 1 unspecified atom stereocenters. The number of rotatable bonds is 1. The first-order valence-corrected chi connectivity index (χ1v) is 7.29. The van der Waals surface area contributed by atoms with Crippen LogP contribution >= 0.6 is 0 Å². The zero-order chi connectivity index (χ0) is 15.3. The number of esters is 1. The summed E-state index contributed by atoms with van der Waals surface area (Å²) in [6.07, 6.45) is 0. The van der Waals surface area contributed by atoms with E-state index in [9.17, 15) is 4.79 Å². The molecular formula is C19H20O2. The third kappa shape index (κ3) is 2.15. The van der Waals surface area contributed by atoms with Crippen LogP contribution in [0, 0.1) is 34.6 Å². The highest BCUT2D eigenvalue weighted by atomic mass is 16.5. The minimum absolute atomic E-state index is 0.165. The van der Waals surface area contributed by atoms with Crippen molar-refractivity contribution < 1.29 is 9.53 Å². The molecule has 2 aromatic rings. The molecule has 0 spiro atoms. The topological polar surface area (TPSA) is 26.3 Å². The van der Waals surface area contributed by atoms with Crippen molar-refractivity contribution in [3.05, 3.63) is 63.2 Å². The molecule has 2 nitrogen and oxygen atoms in total. The van der Waals surface area contributed by atoms with E-state index in [-0.39, 0.29) is 11.9 Å². The Kier molecular flexibility index (Phi) is 3.12. The molecule has 108 valence electrons. The maximum atomic E-state index is 12.4. The molecule has 2 aromatic carbocycles. The second-order valence-electron chi connectivity index (χ2n) is 6.13. The van der Waals surface area contributed by atoms with E-state index in [2.05, 4.69) is 52.0 Å². The van der Waals surface area contributed by atoms with E-state index in [1.165, 1.54) is 16.7 Å². The van der Waals surface area contributed by atoms with Gasteiger partial charge in [-0.1, -0.05) is 29.8 Å². The number of carbonyl (C=O) groups is 1. The third-order valence-corrected chi connectivity index (χ3v) is 4.48. The number of fused-ring (bicyclic) bond motifs is 1. The summed E-state index contributed by atoms with van der Waals surface area (Å²) in [6, 6.07) is 8.35. The molecule has 1 atom stereocenters. The zero-order valence-electron chi connectivity index (χ0n) is 13.2. The summed E-state index contributed by atoms with van der Waals surface area (Å²) in [7, 11) is 0. The highest BCUT2D eigenvalue weighted by Gasteiger charge is 2.36. The van der Waals surface area contributed by atoms with Crippen molar-refractivity contribution in [2.45, 2.75) is 40.5 Å². The lowest BCUT2D eigenvalue weighted by Gasteiger charge is -2.13. The Morgan fingerprint density at radius 2 is 1.48 bits per heavy atom. The molecule has 21 heavy (non-hydrogen) atoms. The summed E-state index contributed by atoms with van der Waals surface area (Å²) in [5.74, 6) is 0.282. The Hall–Kier alpha value is -2.09. The lowest BCUT2D eigenvalue weighted by molar-refractivity contribution is -0.133. The van der Waals surface area contributed by atoms with Gasteiger partial charge in [-0.2, -0.15) is 0 Å². The Bertz CT molecular complexity index is 733. The second-order valence-corrected chi connectivity index (χ2v) is 6.13. The quantitative estimate of drug-likeness (QED) is 0.575. The smallest absolute Gasteiger partial charge is 0.323 e. The molecule has 2 heteroatoms. The van der Waals surface area contributed by atoms with Gasteiger partial charge in [-0.3, -0.25) is 4.79 Å². The molecule has 0 fully saturated rings. The Balaban J connectivity index is 2.20. The molecule has 0 radical (unpaired) electrons. The van der Waals surface area contributed by atoms with Gasteiger partial charge in [0, 0.05) is 5.56 Å². The molecule has 0 saturated carbocycles. The van der Waals surface area contributed by atoms with Gasteiger partial charge in [-0.25, -0.2) is 0 Å². The fourth-order valence-corrected chi connectivity index (χ4v) is 3.18. The highest BCUT2D eigenvalue weighted by Crippen LogP contribution is 2.42. The van der Waals surface area contributed by atoms with E-state index in [4.69, 9.17) is 4.74 Å². The van der Waals surface area contributed by atoms with Crippen molar-refractivity contribution >= 4 is 5.97 Å². The number of ether oxygens (including phenoxy) is 1. The van der Waals surface area contributed by atoms with Crippen LogP contribution < -0.4 is 4.74 Å². The van der Waals surface area contributed by atoms with E-state index < -0.39 is 0 Å². The lowest BCUT2D eigenvalue weighted by Crippen LogP contribution is -2.12. The van der Waals surface area contributed by atoms with Gasteiger partial charge in [0.25, 0.3) is 0 Å². The van der Waals surface area contributed by atoms with E-state index in [0.29, 0.717) is 0 Å². The summed E-state index contributed by atoms with van der Waals surface area (Å²) in [5, 5.41) is 0. The SMILES string of the molecule is Cc1cc(C)c2c(c1)C(c1cc(C)c(C)c(C)c1)C(=O)O2. The molecule has 0 amide bonds. The Labute approximate surface area is 125 Å². The average molecular weight is 280 g/mol. The second kappa shape index (κ2) is 4.73. The van der Waals surface area contributed by atoms with Crippen LogP contribution in [0.4, 0.5) is 0 Å². The van der Waals surface area contributed by atoms with Crippen molar-refractivity contribution in [3.63, 3.8) is 0 Å². The van der Waals surface area contributed by atoms with Crippen molar-refractivity contribution in [2.75, 3.05) is 0 Å². The van der Waals surface area contributed by atoms with Crippen LogP contribution in [0.3, 0.4) is 0 Å². The van der Waals surface area contributed by atoms with Gasteiger partial charge in [-0.15, -0.1) is 0 Å². The van der Waals surface area contributed by atoms with Gasteiger partial charge in [0.05, 0.1) is 0 Å². The van der Waals surface area contributed by atoms with Crippen LogP contribution in [0.25, 0.3) is 0 Å². The standard InChI is InChI=1S/C19H20O2/c1-10-6-13(4)18-16(7-10)17(19(20)21-18)15-8-11(2)14(5)12(3)9-15/h6-9,17H,1-5H3. The van der Waals surface area contributed by atoms with Crippen LogP contribution in [0.2, 0.25) is 0 Å². The third-order valence-electron chi connectivity index (χ3n) is 4.48. The van der Waals surface area contributed by atoms with Crippen LogP contribution in [0.5, 0.6) is 5.75 Å². The van der Waals surface area contributed by atoms with Crippen molar-refractivity contribution in [1.82, 2.24) is 0 Å². The van der Waals surface area contributed by atoms with E-state index >= 15 is 0 Å². The summed E-state index contributed by atoms with van der Waals surface area (Å²) < 4.78 is 5.53. The van der Waals surface area contributed by atoms with E-state index in [1.54, 1.807) is 0 Å². The summed E-state index contributed by atoms with van der Waals surface area (Å²) in [4.78, 5) is 12.4. The first-order valence-electron chi connectivity index (χ1n) is 7.29. The molecule has 1 aliphatic heterocycles. The highest BCUT2D eigenvalue weighted by molar-refractivity contribution is 5.90. The summed E-state index contributed by atoms with van der Waals surface area (Å²) in [5.41, 5.74) is 7.94. The zero-order valence-corrected chi connectivity index (χ0v) is 13.2.